The largest absolute Gasteiger partial charge is 0.361 e. The molecule has 0 bridgehead atoms. The number of aliphatic imine (C=N–C) groups is 1. The summed E-state index contributed by atoms with van der Waals surface area (Å²) in [4.78, 5) is 11.3. The van der Waals surface area contributed by atoms with Crippen molar-refractivity contribution in [3.63, 3.8) is 0 Å². The van der Waals surface area contributed by atoms with Crippen LogP contribution in [0.4, 0.5) is 0 Å². The molecule has 2 heterocycles. The zero-order valence-electron chi connectivity index (χ0n) is 14.2. The Morgan fingerprint density at radius 1 is 1.39 bits per heavy atom. The van der Waals surface area contributed by atoms with Gasteiger partial charge < -0.3 is 14.7 Å². The lowest BCUT2D eigenvalue weighted by atomic mass is 10.2. The van der Waals surface area contributed by atoms with Gasteiger partial charge in [-0.2, -0.15) is 0 Å². The molecular weight excluding hydrogens is 425 g/mol. The van der Waals surface area contributed by atoms with E-state index in [4.69, 9.17) is 4.52 Å². The van der Waals surface area contributed by atoms with Crippen molar-refractivity contribution in [3.8, 4) is 0 Å². The van der Waals surface area contributed by atoms with Gasteiger partial charge in [-0.25, -0.2) is 9.98 Å². The Bertz CT molecular complexity index is 633. The van der Waals surface area contributed by atoms with E-state index in [1.54, 1.807) is 11.3 Å². The number of guanidine groups is 1. The quantitative estimate of drug-likeness (QED) is 0.431. The molecule has 0 atom stereocenters. The van der Waals surface area contributed by atoms with E-state index in [1.807, 2.05) is 27.8 Å². The third-order valence-electron chi connectivity index (χ3n) is 3.33. The highest BCUT2D eigenvalue weighted by atomic mass is 127. The van der Waals surface area contributed by atoms with Gasteiger partial charge in [0, 0.05) is 24.5 Å². The fourth-order valence-electron chi connectivity index (χ4n) is 2.15. The summed E-state index contributed by atoms with van der Waals surface area (Å²) in [6.45, 7) is 10.1. The van der Waals surface area contributed by atoms with Gasteiger partial charge in [-0.15, -0.1) is 35.3 Å². The molecule has 0 aliphatic rings. The number of nitrogens with zero attached hydrogens (tertiary/aromatic N) is 4. The van der Waals surface area contributed by atoms with E-state index in [-0.39, 0.29) is 24.0 Å². The highest BCUT2D eigenvalue weighted by Crippen LogP contribution is 2.14. The third-order valence-corrected chi connectivity index (χ3v) is 4.15. The molecule has 1 N–H and O–H groups in total. The molecule has 8 heteroatoms. The number of halogens is 1. The standard InChI is InChI=1S/C15H23N5OS.HI/c1-6-16-15(17-7-14-10(2)19-21-11(14)3)20(5)8-13-9-22-12(4)18-13;/h9H,6-8H2,1-5H3,(H,16,17);1H. The van der Waals surface area contributed by atoms with Crippen LogP contribution in [-0.4, -0.2) is 34.6 Å². The molecule has 2 rings (SSSR count). The van der Waals surface area contributed by atoms with Crippen molar-refractivity contribution in [2.75, 3.05) is 13.6 Å². The minimum Gasteiger partial charge on any atom is -0.361 e. The summed E-state index contributed by atoms with van der Waals surface area (Å²) in [5.41, 5.74) is 3.01. The summed E-state index contributed by atoms with van der Waals surface area (Å²) in [5.74, 6) is 1.68. The summed E-state index contributed by atoms with van der Waals surface area (Å²) in [7, 11) is 2.02. The minimum absolute atomic E-state index is 0. The molecule has 0 spiro atoms. The molecule has 6 nitrogen and oxygen atoms in total. The number of rotatable bonds is 5. The van der Waals surface area contributed by atoms with Crippen LogP contribution in [0.2, 0.25) is 0 Å². The highest BCUT2D eigenvalue weighted by Gasteiger charge is 2.11. The molecule has 0 fully saturated rings. The SMILES string of the molecule is CCNC(=NCc1c(C)noc1C)N(C)Cc1csc(C)n1.I. The van der Waals surface area contributed by atoms with E-state index >= 15 is 0 Å². The summed E-state index contributed by atoms with van der Waals surface area (Å²) in [6.07, 6.45) is 0. The van der Waals surface area contributed by atoms with Gasteiger partial charge in [0.05, 0.1) is 29.5 Å². The highest BCUT2D eigenvalue weighted by molar-refractivity contribution is 14.0. The van der Waals surface area contributed by atoms with Crippen LogP contribution in [0.25, 0.3) is 0 Å². The molecule has 2 aromatic heterocycles. The van der Waals surface area contributed by atoms with Crippen LogP contribution in [0.5, 0.6) is 0 Å². The van der Waals surface area contributed by atoms with Crippen LogP contribution in [0, 0.1) is 20.8 Å². The van der Waals surface area contributed by atoms with Gasteiger partial charge in [-0.05, 0) is 27.7 Å². The van der Waals surface area contributed by atoms with Gasteiger partial charge in [0.1, 0.15) is 5.76 Å². The zero-order valence-corrected chi connectivity index (χ0v) is 17.4. The predicted octanol–water partition coefficient (Wildman–Crippen LogP) is 3.27. The number of thiazole rings is 1. The van der Waals surface area contributed by atoms with E-state index < -0.39 is 0 Å². The molecule has 2 aromatic rings. The van der Waals surface area contributed by atoms with E-state index in [1.165, 1.54) is 0 Å². The van der Waals surface area contributed by atoms with Gasteiger partial charge >= 0.3 is 0 Å². The normalized spacial score (nSPS) is 11.3. The van der Waals surface area contributed by atoms with Crippen LogP contribution < -0.4 is 5.32 Å². The van der Waals surface area contributed by atoms with Crippen molar-refractivity contribution >= 4 is 41.3 Å². The summed E-state index contributed by atoms with van der Waals surface area (Å²) < 4.78 is 5.18. The zero-order chi connectivity index (χ0) is 16.1. The number of hydrogen-bond donors (Lipinski definition) is 1. The van der Waals surface area contributed by atoms with Crippen molar-refractivity contribution in [1.82, 2.24) is 20.4 Å². The van der Waals surface area contributed by atoms with Gasteiger partial charge in [0.25, 0.3) is 0 Å². The maximum atomic E-state index is 5.18. The van der Waals surface area contributed by atoms with Crippen molar-refractivity contribution in [1.29, 1.82) is 0 Å². The molecule has 0 amide bonds. The van der Waals surface area contributed by atoms with Crippen molar-refractivity contribution in [3.05, 3.63) is 33.1 Å². The Balaban J connectivity index is 0.00000264. The fourth-order valence-corrected chi connectivity index (χ4v) is 2.75. The molecule has 23 heavy (non-hydrogen) atoms. The molecule has 0 aliphatic heterocycles. The summed E-state index contributed by atoms with van der Waals surface area (Å²) in [5, 5.41) is 10.5. The van der Waals surface area contributed by atoms with E-state index in [0.717, 1.165) is 46.8 Å². The first kappa shape index (κ1) is 19.9. The molecule has 0 saturated heterocycles. The van der Waals surface area contributed by atoms with Crippen LogP contribution in [-0.2, 0) is 13.1 Å². The molecule has 128 valence electrons. The second kappa shape index (κ2) is 9.21. The first-order valence-electron chi connectivity index (χ1n) is 7.33. The first-order valence-corrected chi connectivity index (χ1v) is 8.21. The lowest BCUT2D eigenvalue weighted by molar-refractivity contribution is 0.392. The van der Waals surface area contributed by atoms with Gasteiger partial charge in [-0.3, -0.25) is 0 Å². The van der Waals surface area contributed by atoms with Gasteiger partial charge in [0.2, 0.25) is 0 Å². The van der Waals surface area contributed by atoms with Gasteiger partial charge in [-0.1, -0.05) is 5.16 Å². The number of aryl methyl sites for hydroxylation is 3. The lowest BCUT2D eigenvalue weighted by Crippen LogP contribution is -2.38. The molecule has 0 aliphatic carbocycles. The molecule has 0 unspecified atom stereocenters. The van der Waals surface area contributed by atoms with Gasteiger partial charge in [0.15, 0.2) is 5.96 Å². The second-order valence-corrected chi connectivity index (χ2v) is 6.25. The number of nitrogens with one attached hydrogen (secondary N) is 1. The van der Waals surface area contributed by atoms with E-state index in [9.17, 15) is 0 Å². The molecule has 0 radical (unpaired) electrons. The Hall–Kier alpha value is -1.16. The van der Waals surface area contributed by atoms with Crippen LogP contribution >= 0.6 is 35.3 Å². The maximum absolute atomic E-state index is 5.18. The average Bonchev–Trinajstić information content (AvgIpc) is 3.02. The van der Waals surface area contributed by atoms with Crippen molar-refractivity contribution < 1.29 is 4.52 Å². The van der Waals surface area contributed by atoms with Crippen LogP contribution in [0.3, 0.4) is 0 Å². The maximum Gasteiger partial charge on any atom is 0.194 e. The Morgan fingerprint density at radius 3 is 2.65 bits per heavy atom. The Morgan fingerprint density at radius 2 is 2.13 bits per heavy atom. The number of hydrogen-bond acceptors (Lipinski definition) is 5. The fraction of sp³-hybridized carbons (Fsp3) is 0.533. The van der Waals surface area contributed by atoms with Crippen molar-refractivity contribution in [2.45, 2.75) is 40.8 Å². The van der Waals surface area contributed by atoms with Crippen LogP contribution in [0.1, 0.15) is 34.6 Å². The lowest BCUT2D eigenvalue weighted by Gasteiger charge is -2.21. The summed E-state index contributed by atoms with van der Waals surface area (Å²) >= 11 is 1.67. The van der Waals surface area contributed by atoms with E-state index in [2.05, 4.69) is 37.7 Å². The Labute approximate surface area is 158 Å². The molecule has 0 saturated carbocycles. The third kappa shape index (κ3) is 5.45. The van der Waals surface area contributed by atoms with Crippen LogP contribution in [0.15, 0.2) is 14.9 Å². The smallest absolute Gasteiger partial charge is 0.194 e. The monoisotopic (exact) mass is 449 g/mol. The van der Waals surface area contributed by atoms with E-state index in [0.29, 0.717) is 6.54 Å². The first-order chi connectivity index (χ1) is 10.5. The molecule has 0 aromatic carbocycles. The predicted molar refractivity (Wildman–Crippen MR) is 105 cm³/mol. The second-order valence-electron chi connectivity index (χ2n) is 5.19. The molecular formula is C15H24IN5OS. The number of aromatic nitrogens is 2. The Kier molecular flexibility index (Phi) is 7.97. The average molecular weight is 449 g/mol. The summed E-state index contributed by atoms with van der Waals surface area (Å²) in [6, 6.07) is 0. The topological polar surface area (TPSA) is 66.6 Å². The van der Waals surface area contributed by atoms with Crippen molar-refractivity contribution in [2.24, 2.45) is 4.99 Å². The minimum atomic E-state index is 0.